The molecular weight excluding hydrogens is 561 g/mol. The fraction of sp³-hybridized carbons (Fsp3) is 0.440. The standard InChI is InChI=1S/C25H32Cl3N3O5S/c1-16(2)29-25(33)17(3)30(15-18-8-9-19(26)13-21(18)27)24(32)7-6-12-31(37(5,34)35)20-10-11-23(36-4)22(28)14-20/h8-11,13-14,16-17H,6-7,12,15H2,1-5H3,(H,29,33)/t17-/m0/s1. The predicted octanol–water partition coefficient (Wildman–Crippen LogP) is 5.14. The number of rotatable bonds is 12. The molecule has 0 fully saturated rings. The van der Waals surface area contributed by atoms with Gasteiger partial charge in [0.25, 0.3) is 0 Å². The number of anilines is 1. The topological polar surface area (TPSA) is 96.0 Å². The van der Waals surface area contributed by atoms with Gasteiger partial charge in [0.1, 0.15) is 11.8 Å². The van der Waals surface area contributed by atoms with Crippen molar-refractivity contribution in [3.8, 4) is 5.75 Å². The van der Waals surface area contributed by atoms with Crippen molar-refractivity contribution in [1.29, 1.82) is 0 Å². The second-order valence-electron chi connectivity index (χ2n) is 8.85. The molecule has 2 aromatic rings. The second kappa shape index (κ2) is 13.6. The summed E-state index contributed by atoms with van der Waals surface area (Å²) in [5.41, 5.74) is 0.990. The monoisotopic (exact) mass is 591 g/mol. The molecule has 37 heavy (non-hydrogen) atoms. The summed E-state index contributed by atoms with van der Waals surface area (Å²) in [6.07, 6.45) is 1.29. The Hall–Kier alpha value is -2.20. The number of halogens is 3. The molecule has 8 nitrogen and oxygen atoms in total. The number of ether oxygens (including phenoxy) is 1. The van der Waals surface area contributed by atoms with E-state index < -0.39 is 16.1 Å². The summed E-state index contributed by atoms with van der Waals surface area (Å²) in [6.45, 7) is 5.43. The van der Waals surface area contributed by atoms with Gasteiger partial charge in [-0.25, -0.2) is 8.42 Å². The van der Waals surface area contributed by atoms with E-state index in [0.29, 0.717) is 27.0 Å². The molecule has 2 rings (SSSR count). The minimum atomic E-state index is -3.66. The third-order valence-electron chi connectivity index (χ3n) is 5.53. The summed E-state index contributed by atoms with van der Waals surface area (Å²) in [5.74, 6) is -0.211. The van der Waals surface area contributed by atoms with Crippen LogP contribution in [0.3, 0.4) is 0 Å². The number of carbonyl (C=O) groups excluding carboxylic acids is 2. The summed E-state index contributed by atoms with van der Waals surface area (Å²) in [5, 5.41) is 3.92. The average molecular weight is 593 g/mol. The molecule has 1 N–H and O–H groups in total. The van der Waals surface area contributed by atoms with E-state index in [1.807, 2.05) is 13.8 Å². The van der Waals surface area contributed by atoms with Crippen LogP contribution in [0.4, 0.5) is 5.69 Å². The zero-order valence-electron chi connectivity index (χ0n) is 21.4. The fourth-order valence-corrected chi connectivity index (χ4v) is 5.31. The highest BCUT2D eigenvalue weighted by atomic mass is 35.5. The lowest BCUT2D eigenvalue weighted by Gasteiger charge is -2.30. The van der Waals surface area contributed by atoms with Crippen LogP contribution in [0.5, 0.6) is 5.75 Å². The minimum absolute atomic E-state index is 0.000411. The summed E-state index contributed by atoms with van der Waals surface area (Å²) >= 11 is 18.5. The smallest absolute Gasteiger partial charge is 0.242 e. The lowest BCUT2D eigenvalue weighted by Crippen LogP contribution is -2.49. The Bertz CT molecular complexity index is 1220. The lowest BCUT2D eigenvalue weighted by atomic mass is 10.1. The second-order valence-corrected chi connectivity index (χ2v) is 12.0. The lowest BCUT2D eigenvalue weighted by molar-refractivity contribution is -0.140. The number of carbonyl (C=O) groups is 2. The number of nitrogens with one attached hydrogen (secondary N) is 1. The summed E-state index contributed by atoms with van der Waals surface area (Å²) in [6, 6.07) is 8.71. The largest absolute Gasteiger partial charge is 0.495 e. The van der Waals surface area contributed by atoms with E-state index in [1.54, 1.807) is 37.3 Å². The maximum Gasteiger partial charge on any atom is 0.242 e. The molecule has 0 heterocycles. The first-order valence-electron chi connectivity index (χ1n) is 11.6. The molecule has 0 unspecified atom stereocenters. The molecule has 0 aliphatic heterocycles. The zero-order valence-corrected chi connectivity index (χ0v) is 24.5. The van der Waals surface area contributed by atoms with Gasteiger partial charge in [0.15, 0.2) is 0 Å². The predicted molar refractivity (Wildman–Crippen MR) is 149 cm³/mol. The molecule has 0 saturated heterocycles. The van der Waals surface area contributed by atoms with E-state index in [1.165, 1.54) is 22.4 Å². The number of amides is 2. The van der Waals surface area contributed by atoms with Crippen LogP contribution in [-0.2, 0) is 26.2 Å². The summed E-state index contributed by atoms with van der Waals surface area (Å²) in [7, 11) is -2.19. The van der Waals surface area contributed by atoms with Gasteiger partial charge in [-0.05, 0) is 63.1 Å². The number of hydrogen-bond donors (Lipinski definition) is 1. The van der Waals surface area contributed by atoms with Gasteiger partial charge >= 0.3 is 0 Å². The third-order valence-corrected chi connectivity index (χ3v) is 7.61. The summed E-state index contributed by atoms with van der Waals surface area (Å²) in [4.78, 5) is 27.5. The van der Waals surface area contributed by atoms with Crippen molar-refractivity contribution in [3.63, 3.8) is 0 Å². The van der Waals surface area contributed by atoms with Gasteiger partial charge in [-0.2, -0.15) is 0 Å². The van der Waals surface area contributed by atoms with Crippen LogP contribution in [0.25, 0.3) is 0 Å². The SMILES string of the molecule is COc1ccc(N(CCCC(=O)N(Cc2ccc(Cl)cc2Cl)[C@@H](C)C(=O)NC(C)C)S(C)(=O)=O)cc1Cl. The quantitative estimate of drug-likeness (QED) is 0.368. The van der Waals surface area contributed by atoms with Gasteiger partial charge in [-0.15, -0.1) is 0 Å². The first kappa shape index (κ1) is 31.0. The van der Waals surface area contributed by atoms with Gasteiger partial charge in [-0.1, -0.05) is 40.9 Å². The molecule has 0 bridgehead atoms. The van der Waals surface area contributed by atoms with E-state index >= 15 is 0 Å². The van der Waals surface area contributed by atoms with Crippen LogP contribution < -0.4 is 14.4 Å². The Labute approximate surface area is 233 Å². The molecule has 0 aliphatic rings. The van der Waals surface area contributed by atoms with Crippen LogP contribution in [0.2, 0.25) is 15.1 Å². The number of nitrogens with zero attached hydrogens (tertiary/aromatic N) is 2. The Morgan fingerprint density at radius 1 is 1.03 bits per heavy atom. The van der Waals surface area contributed by atoms with Crippen molar-refractivity contribution in [2.45, 2.75) is 52.2 Å². The van der Waals surface area contributed by atoms with Crippen molar-refractivity contribution in [3.05, 3.63) is 57.0 Å². The van der Waals surface area contributed by atoms with Crippen molar-refractivity contribution < 1.29 is 22.7 Å². The molecule has 0 aromatic heterocycles. The zero-order chi connectivity index (χ0) is 27.9. The Morgan fingerprint density at radius 3 is 2.24 bits per heavy atom. The normalized spacial score (nSPS) is 12.2. The molecular formula is C25H32Cl3N3O5S. The molecule has 0 spiro atoms. The summed E-state index contributed by atoms with van der Waals surface area (Å²) < 4.78 is 31.3. The van der Waals surface area contributed by atoms with Gasteiger partial charge in [0, 0.05) is 35.6 Å². The highest BCUT2D eigenvalue weighted by Gasteiger charge is 2.27. The molecule has 0 aliphatic carbocycles. The van der Waals surface area contributed by atoms with Gasteiger partial charge in [0.05, 0.1) is 24.1 Å². The highest BCUT2D eigenvalue weighted by molar-refractivity contribution is 7.92. The molecule has 2 amide bonds. The van der Waals surface area contributed by atoms with Crippen molar-refractivity contribution >= 4 is 62.3 Å². The molecule has 0 radical (unpaired) electrons. The number of methoxy groups -OCH3 is 1. The van der Waals surface area contributed by atoms with Crippen molar-refractivity contribution in [2.75, 3.05) is 24.2 Å². The van der Waals surface area contributed by atoms with Crippen LogP contribution in [0.1, 0.15) is 39.2 Å². The molecule has 0 saturated carbocycles. The Morgan fingerprint density at radius 2 is 1.70 bits per heavy atom. The number of benzene rings is 2. The van der Waals surface area contributed by atoms with Crippen LogP contribution in [0, 0.1) is 0 Å². The first-order chi connectivity index (χ1) is 17.2. The van der Waals surface area contributed by atoms with E-state index in [9.17, 15) is 18.0 Å². The number of hydrogen-bond acceptors (Lipinski definition) is 5. The van der Waals surface area contributed by atoms with Gasteiger partial charge in [-0.3, -0.25) is 13.9 Å². The van der Waals surface area contributed by atoms with E-state index in [4.69, 9.17) is 39.5 Å². The van der Waals surface area contributed by atoms with Crippen molar-refractivity contribution in [1.82, 2.24) is 10.2 Å². The minimum Gasteiger partial charge on any atom is -0.495 e. The van der Waals surface area contributed by atoms with Gasteiger partial charge < -0.3 is 15.0 Å². The van der Waals surface area contributed by atoms with Gasteiger partial charge in [0.2, 0.25) is 21.8 Å². The fourth-order valence-electron chi connectivity index (χ4n) is 3.64. The average Bonchev–Trinajstić information content (AvgIpc) is 2.79. The van der Waals surface area contributed by atoms with E-state index in [2.05, 4.69) is 5.32 Å². The van der Waals surface area contributed by atoms with Crippen molar-refractivity contribution in [2.24, 2.45) is 0 Å². The number of sulfonamides is 1. The van der Waals surface area contributed by atoms with Crippen LogP contribution in [-0.4, -0.2) is 57.1 Å². The highest BCUT2D eigenvalue weighted by Crippen LogP contribution is 2.30. The third kappa shape index (κ3) is 8.95. The molecule has 2 aromatic carbocycles. The van der Waals surface area contributed by atoms with E-state index in [0.717, 1.165) is 6.26 Å². The Balaban J connectivity index is 2.23. The molecule has 204 valence electrons. The first-order valence-corrected chi connectivity index (χ1v) is 14.6. The maximum atomic E-state index is 13.3. The van der Waals surface area contributed by atoms with Crippen LogP contribution in [0.15, 0.2) is 36.4 Å². The van der Waals surface area contributed by atoms with E-state index in [-0.39, 0.29) is 48.8 Å². The maximum absolute atomic E-state index is 13.3. The van der Waals surface area contributed by atoms with Crippen LogP contribution >= 0.6 is 34.8 Å². The molecule has 12 heteroatoms. The Kier molecular flexibility index (Phi) is 11.4. The molecule has 1 atom stereocenters.